The van der Waals surface area contributed by atoms with E-state index in [9.17, 15) is 9.18 Å². The van der Waals surface area contributed by atoms with Gasteiger partial charge in [-0.2, -0.15) is 0 Å². The fraction of sp³-hybridized carbons (Fsp3) is 0.462. The van der Waals surface area contributed by atoms with Crippen LogP contribution in [0.15, 0.2) is 18.2 Å². The van der Waals surface area contributed by atoms with Crippen LogP contribution in [0, 0.1) is 11.7 Å². The summed E-state index contributed by atoms with van der Waals surface area (Å²) < 4.78 is 23.9. The number of ether oxygens (including phenoxy) is 2. The molecule has 92 valence electrons. The molecule has 1 aromatic carbocycles. The first kappa shape index (κ1) is 12.0. The normalized spacial score (nSPS) is 16.8. The van der Waals surface area contributed by atoms with Crippen LogP contribution in [0.5, 0.6) is 5.75 Å². The van der Waals surface area contributed by atoms with Gasteiger partial charge in [0.1, 0.15) is 17.9 Å². The van der Waals surface area contributed by atoms with Crippen molar-refractivity contribution < 1.29 is 18.7 Å². The van der Waals surface area contributed by atoms with Gasteiger partial charge in [0.2, 0.25) is 0 Å². The zero-order valence-corrected chi connectivity index (χ0v) is 9.52. The average Bonchev–Trinajstić information content (AvgIpc) is 2.37. The molecular weight excluding hydrogens is 223 g/mol. The van der Waals surface area contributed by atoms with E-state index in [1.807, 2.05) is 0 Å². The maximum absolute atomic E-state index is 13.1. The molecule has 1 aliphatic rings. The van der Waals surface area contributed by atoms with E-state index in [-0.39, 0.29) is 0 Å². The Balaban J connectivity index is 1.93. The minimum absolute atomic E-state index is 0.298. The van der Waals surface area contributed by atoms with Crippen LogP contribution in [0.1, 0.15) is 23.2 Å². The van der Waals surface area contributed by atoms with Crippen molar-refractivity contribution in [3.63, 3.8) is 0 Å². The van der Waals surface area contributed by atoms with E-state index in [0.29, 0.717) is 30.1 Å². The van der Waals surface area contributed by atoms with Gasteiger partial charge in [-0.15, -0.1) is 0 Å². The second kappa shape index (κ2) is 5.77. The summed E-state index contributed by atoms with van der Waals surface area (Å²) in [6, 6.07) is 4.04. The second-order valence-corrected chi connectivity index (χ2v) is 4.20. The third kappa shape index (κ3) is 3.53. The Morgan fingerprint density at radius 1 is 1.35 bits per heavy atom. The molecule has 17 heavy (non-hydrogen) atoms. The number of aldehydes is 1. The van der Waals surface area contributed by atoms with E-state index in [2.05, 4.69) is 0 Å². The fourth-order valence-corrected chi connectivity index (χ4v) is 1.86. The maximum atomic E-state index is 13.1. The van der Waals surface area contributed by atoms with Crippen LogP contribution >= 0.6 is 0 Å². The van der Waals surface area contributed by atoms with E-state index in [4.69, 9.17) is 9.47 Å². The monoisotopic (exact) mass is 238 g/mol. The molecule has 0 atom stereocenters. The highest BCUT2D eigenvalue weighted by atomic mass is 19.1. The zero-order valence-electron chi connectivity index (χ0n) is 9.52. The van der Waals surface area contributed by atoms with Crippen molar-refractivity contribution in [1.82, 2.24) is 0 Å². The highest BCUT2D eigenvalue weighted by Gasteiger charge is 2.14. The number of hydrogen-bond acceptors (Lipinski definition) is 3. The van der Waals surface area contributed by atoms with Gasteiger partial charge in [0, 0.05) is 24.8 Å². The molecule has 0 unspecified atom stereocenters. The molecule has 1 heterocycles. The molecule has 0 saturated carbocycles. The largest absolute Gasteiger partial charge is 0.493 e. The molecule has 0 bridgehead atoms. The van der Waals surface area contributed by atoms with Crippen molar-refractivity contribution in [3.8, 4) is 5.75 Å². The van der Waals surface area contributed by atoms with E-state index in [1.165, 1.54) is 12.1 Å². The van der Waals surface area contributed by atoms with Gasteiger partial charge in [0.05, 0.1) is 6.61 Å². The molecular formula is C13H15FO3. The van der Waals surface area contributed by atoms with Crippen LogP contribution in [0.4, 0.5) is 4.39 Å². The van der Waals surface area contributed by atoms with Gasteiger partial charge >= 0.3 is 0 Å². The lowest BCUT2D eigenvalue weighted by Gasteiger charge is -2.22. The van der Waals surface area contributed by atoms with Crippen molar-refractivity contribution in [1.29, 1.82) is 0 Å². The highest BCUT2D eigenvalue weighted by Crippen LogP contribution is 2.19. The van der Waals surface area contributed by atoms with Gasteiger partial charge in [0.25, 0.3) is 0 Å². The fourth-order valence-electron chi connectivity index (χ4n) is 1.86. The summed E-state index contributed by atoms with van der Waals surface area (Å²) >= 11 is 0. The first-order valence-corrected chi connectivity index (χ1v) is 5.74. The molecule has 0 spiro atoms. The first-order chi connectivity index (χ1) is 8.28. The number of carbonyl (C=O) groups excluding carboxylic acids is 1. The summed E-state index contributed by atoms with van der Waals surface area (Å²) in [6.07, 6.45) is 2.55. The standard InChI is InChI=1S/C13H15FO3/c14-12-5-11(8-15)6-13(7-12)17-9-10-1-3-16-4-2-10/h5-8,10H,1-4,9H2. The van der Waals surface area contributed by atoms with Gasteiger partial charge in [-0.25, -0.2) is 4.39 Å². The lowest BCUT2D eigenvalue weighted by Crippen LogP contribution is -2.21. The van der Waals surface area contributed by atoms with Crippen LogP contribution in [0.25, 0.3) is 0 Å². The zero-order chi connectivity index (χ0) is 12.1. The molecule has 1 aromatic rings. The molecule has 0 N–H and O–H groups in total. The summed E-state index contributed by atoms with van der Waals surface area (Å²) in [7, 11) is 0. The van der Waals surface area contributed by atoms with Crippen molar-refractivity contribution >= 4 is 6.29 Å². The summed E-state index contributed by atoms with van der Waals surface area (Å²) in [6.45, 7) is 2.07. The van der Waals surface area contributed by atoms with E-state index in [1.54, 1.807) is 6.07 Å². The quantitative estimate of drug-likeness (QED) is 0.756. The molecule has 1 fully saturated rings. The van der Waals surface area contributed by atoms with Crippen LogP contribution in [0.3, 0.4) is 0 Å². The minimum Gasteiger partial charge on any atom is -0.493 e. The molecule has 1 saturated heterocycles. The molecule has 0 radical (unpaired) electrons. The van der Waals surface area contributed by atoms with Crippen LogP contribution in [-0.2, 0) is 4.74 Å². The summed E-state index contributed by atoms with van der Waals surface area (Å²) in [4.78, 5) is 10.6. The van der Waals surface area contributed by atoms with Gasteiger partial charge in [-0.3, -0.25) is 4.79 Å². The number of benzene rings is 1. The Hall–Kier alpha value is -1.42. The van der Waals surface area contributed by atoms with Gasteiger partial charge in [-0.05, 0) is 30.9 Å². The predicted octanol–water partition coefficient (Wildman–Crippen LogP) is 2.44. The lowest BCUT2D eigenvalue weighted by atomic mass is 10.0. The third-order valence-corrected chi connectivity index (χ3v) is 2.86. The van der Waals surface area contributed by atoms with Crippen molar-refractivity contribution in [3.05, 3.63) is 29.6 Å². The Bertz CT molecular complexity index is 386. The second-order valence-electron chi connectivity index (χ2n) is 4.20. The number of carbonyl (C=O) groups is 1. The van der Waals surface area contributed by atoms with Crippen LogP contribution in [0.2, 0.25) is 0 Å². The number of hydrogen-bond donors (Lipinski definition) is 0. The van der Waals surface area contributed by atoms with E-state index >= 15 is 0 Å². The van der Waals surface area contributed by atoms with Crippen molar-refractivity contribution in [2.24, 2.45) is 5.92 Å². The topological polar surface area (TPSA) is 35.5 Å². The molecule has 1 aliphatic heterocycles. The predicted molar refractivity (Wildman–Crippen MR) is 60.8 cm³/mol. The Morgan fingerprint density at radius 2 is 2.12 bits per heavy atom. The molecule has 0 aliphatic carbocycles. The number of halogens is 1. The first-order valence-electron chi connectivity index (χ1n) is 5.74. The van der Waals surface area contributed by atoms with Gasteiger partial charge in [-0.1, -0.05) is 0 Å². The van der Waals surface area contributed by atoms with Crippen LogP contribution < -0.4 is 4.74 Å². The van der Waals surface area contributed by atoms with E-state index < -0.39 is 5.82 Å². The molecule has 0 amide bonds. The Kier molecular flexibility index (Phi) is 4.09. The van der Waals surface area contributed by atoms with Crippen molar-refractivity contribution in [2.75, 3.05) is 19.8 Å². The molecule has 2 rings (SSSR count). The molecule has 3 nitrogen and oxygen atoms in total. The van der Waals surface area contributed by atoms with Gasteiger partial charge < -0.3 is 9.47 Å². The van der Waals surface area contributed by atoms with Crippen LogP contribution in [-0.4, -0.2) is 26.1 Å². The summed E-state index contributed by atoms with van der Waals surface area (Å²) in [5, 5.41) is 0. The number of rotatable bonds is 4. The molecule has 0 aromatic heterocycles. The third-order valence-electron chi connectivity index (χ3n) is 2.86. The Labute approximate surface area is 99.5 Å². The summed E-state index contributed by atoms with van der Waals surface area (Å²) in [5.41, 5.74) is 0.298. The SMILES string of the molecule is O=Cc1cc(F)cc(OCC2CCOCC2)c1. The lowest BCUT2D eigenvalue weighted by molar-refractivity contribution is 0.0497. The average molecular weight is 238 g/mol. The maximum Gasteiger partial charge on any atom is 0.150 e. The van der Waals surface area contributed by atoms with Gasteiger partial charge in [0.15, 0.2) is 0 Å². The van der Waals surface area contributed by atoms with Crippen molar-refractivity contribution in [2.45, 2.75) is 12.8 Å². The highest BCUT2D eigenvalue weighted by molar-refractivity contribution is 5.75. The van der Waals surface area contributed by atoms with E-state index in [0.717, 1.165) is 26.1 Å². The smallest absolute Gasteiger partial charge is 0.150 e. The Morgan fingerprint density at radius 3 is 2.82 bits per heavy atom. The summed E-state index contributed by atoms with van der Waals surface area (Å²) in [5.74, 6) is 0.418. The molecule has 4 heteroatoms. The minimum atomic E-state index is -0.448.